The molecule has 0 saturated heterocycles. The van der Waals surface area contributed by atoms with Gasteiger partial charge in [-0.25, -0.2) is 0 Å². The Labute approximate surface area is 149 Å². The molecular formula is C21H24N2O2. The number of ketones is 1. The third kappa shape index (κ3) is 5.05. The summed E-state index contributed by atoms with van der Waals surface area (Å²) in [5, 5.41) is 5.84. The Morgan fingerprint density at radius 2 is 1.68 bits per heavy atom. The number of hydrogen-bond acceptors (Lipinski definition) is 3. The second kappa shape index (κ2) is 8.83. The van der Waals surface area contributed by atoms with Gasteiger partial charge in [-0.05, 0) is 38.0 Å². The monoisotopic (exact) mass is 336 g/mol. The van der Waals surface area contributed by atoms with E-state index in [2.05, 4.69) is 10.6 Å². The van der Waals surface area contributed by atoms with E-state index in [-0.39, 0.29) is 17.3 Å². The van der Waals surface area contributed by atoms with Crippen LogP contribution in [0.3, 0.4) is 0 Å². The summed E-state index contributed by atoms with van der Waals surface area (Å²) in [4.78, 5) is 25.3. The van der Waals surface area contributed by atoms with Crippen LogP contribution in [-0.4, -0.2) is 18.2 Å². The van der Waals surface area contributed by atoms with Gasteiger partial charge in [0.1, 0.15) is 5.57 Å². The zero-order chi connectivity index (χ0) is 18.2. The molecule has 0 radical (unpaired) electrons. The Morgan fingerprint density at radius 3 is 2.32 bits per heavy atom. The summed E-state index contributed by atoms with van der Waals surface area (Å²) in [6, 6.07) is 15.0. The maximum absolute atomic E-state index is 12.9. The van der Waals surface area contributed by atoms with Crippen LogP contribution in [0.1, 0.15) is 34.8 Å². The highest BCUT2D eigenvalue weighted by Crippen LogP contribution is 2.15. The van der Waals surface area contributed by atoms with Crippen LogP contribution in [0.5, 0.6) is 0 Å². The molecule has 1 amide bonds. The number of anilines is 1. The Kier molecular flexibility index (Phi) is 6.52. The average molecular weight is 336 g/mol. The Morgan fingerprint density at radius 1 is 1.00 bits per heavy atom. The van der Waals surface area contributed by atoms with Crippen LogP contribution in [0.2, 0.25) is 0 Å². The van der Waals surface area contributed by atoms with E-state index >= 15 is 0 Å². The van der Waals surface area contributed by atoms with E-state index in [9.17, 15) is 9.59 Å². The first-order valence-corrected chi connectivity index (χ1v) is 8.44. The molecule has 4 nitrogen and oxygen atoms in total. The molecule has 2 rings (SSSR count). The number of Topliss-reactive ketones (excluding diaryl/α,β-unsaturated/α-hetero) is 1. The van der Waals surface area contributed by atoms with Crippen LogP contribution in [0.25, 0.3) is 0 Å². The van der Waals surface area contributed by atoms with Crippen molar-refractivity contribution in [3.05, 3.63) is 77.0 Å². The van der Waals surface area contributed by atoms with Crippen molar-refractivity contribution in [1.82, 2.24) is 5.32 Å². The van der Waals surface area contributed by atoms with E-state index in [1.165, 1.54) is 6.20 Å². The molecule has 4 heteroatoms. The van der Waals surface area contributed by atoms with E-state index in [1.54, 1.807) is 12.1 Å². The van der Waals surface area contributed by atoms with Gasteiger partial charge in [-0.2, -0.15) is 0 Å². The Balaban J connectivity index is 2.30. The van der Waals surface area contributed by atoms with E-state index in [0.29, 0.717) is 12.1 Å². The lowest BCUT2D eigenvalue weighted by molar-refractivity contribution is -0.117. The molecule has 130 valence electrons. The molecule has 0 aromatic heterocycles. The first-order valence-electron chi connectivity index (χ1n) is 8.44. The SMILES string of the molecule is CCCNC(=O)C(=CNc1ccc(C)cc1)C(=O)c1ccccc1C. The van der Waals surface area contributed by atoms with Crippen molar-refractivity contribution in [2.75, 3.05) is 11.9 Å². The van der Waals surface area contributed by atoms with Crippen LogP contribution in [0.15, 0.2) is 60.3 Å². The number of hydrogen-bond donors (Lipinski definition) is 2. The van der Waals surface area contributed by atoms with Crippen molar-refractivity contribution in [3.63, 3.8) is 0 Å². The first-order chi connectivity index (χ1) is 12.0. The van der Waals surface area contributed by atoms with Gasteiger partial charge >= 0.3 is 0 Å². The van der Waals surface area contributed by atoms with Crippen molar-refractivity contribution in [2.24, 2.45) is 0 Å². The number of benzene rings is 2. The second-order valence-corrected chi connectivity index (χ2v) is 5.97. The number of nitrogens with one attached hydrogen (secondary N) is 2. The van der Waals surface area contributed by atoms with Crippen molar-refractivity contribution in [2.45, 2.75) is 27.2 Å². The molecular weight excluding hydrogens is 312 g/mol. The molecule has 0 aliphatic carbocycles. The molecule has 2 aromatic carbocycles. The number of carbonyl (C=O) groups excluding carboxylic acids is 2. The molecule has 0 fully saturated rings. The Hall–Kier alpha value is -2.88. The maximum atomic E-state index is 12.9. The molecule has 0 spiro atoms. The van der Waals surface area contributed by atoms with Crippen LogP contribution in [-0.2, 0) is 4.79 Å². The van der Waals surface area contributed by atoms with Gasteiger partial charge in [0, 0.05) is 24.0 Å². The zero-order valence-corrected chi connectivity index (χ0v) is 14.9. The highest BCUT2D eigenvalue weighted by Gasteiger charge is 2.20. The van der Waals surface area contributed by atoms with Crippen molar-refractivity contribution in [3.8, 4) is 0 Å². The minimum Gasteiger partial charge on any atom is -0.361 e. The number of carbonyl (C=O) groups is 2. The minimum atomic E-state index is -0.366. The van der Waals surface area contributed by atoms with E-state index in [0.717, 1.165) is 23.2 Å². The fourth-order valence-electron chi connectivity index (χ4n) is 2.35. The lowest BCUT2D eigenvalue weighted by Crippen LogP contribution is -2.30. The maximum Gasteiger partial charge on any atom is 0.256 e. The number of rotatable bonds is 7. The molecule has 2 N–H and O–H groups in total. The molecule has 0 saturated carbocycles. The van der Waals surface area contributed by atoms with Crippen LogP contribution < -0.4 is 10.6 Å². The van der Waals surface area contributed by atoms with E-state index in [1.807, 2.05) is 57.2 Å². The lowest BCUT2D eigenvalue weighted by Gasteiger charge is -2.10. The molecule has 0 heterocycles. The lowest BCUT2D eigenvalue weighted by atomic mass is 9.99. The van der Waals surface area contributed by atoms with E-state index < -0.39 is 0 Å². The topological polar surface area (TPSA) is 58.2 Å². The standard InChI is InChI=1S/C21H24N2O2/c1-4-13-22-21(25)19(14-23-17-11-9-15(2)10-12-17)20(24)18-8-6-5-7-16(18)3/h5-12,14,23H,4,13H2,1-3H3,(H,22,25). The quantitative estimate of drug-likeness (QED) is 0.348. The highest BCUT2D eigenvalue weighted by molar-refractivity contribution is 6.26. The molecule has 0 bridgehead atoms. The van der Waals surface area contributed by atoms with Gasteiger partial charge in [-0.1, -0.05) is 48.9 Å². The van der Waals surface area contributed by atoms with Crippen LogP contribution in [0.4, 0.5) is 5.69 Å². The molecule has 25 heavy (non-hydrogen) atoms. The summed E-state index contributed by atoms with van der Waals surface area (Å²) in [5.74, 6) is -0.652. The summed E-state index contributed by atoms with van der Waals surface area (Å²) in [5.41, 5.74) is 3.45. The fraction of sp³-hybridized carbons (Fsp3) is 0.238. The molecule has 0 aliphatic rings. The predicted molar refractivity (Wildman–Crippen MR) is 102 cm³/mol. The third-order valence-electron chi connectivity index (χ3n) is 3.85. The van der Waals surface area contributed by atoms with Crippen molar-refractivity contribution < 1.29 is 9.59 Å². The van der Waals surface area contributed by atoms with Gasteiger partial charge in [0.15, 0.2) is 5.78 Å². The van der Waals surface area contributed by atoms with Gasteiger partial charge in [-0.15, -0.1) is 0 Å². The largest absolute Gasteiger partial charge is 0.361 e. The third-order valence-corrected chi connectivity index (χ3v) is 3.85. The summed E-state index contributed by atoms with van der Waals surface area (Å²) in [7, 11) is 0. The highest BCUT2D eigenvalue weighted by atomic mass is 16.2. The number of amides is 1. The predicted octanol–water partition coefficient (Wildman–Crippen LogP) is 4.01. The van der Waals surface area contributed by atoms with Gasteiger partial charge < -0.3 is 10.6 Å². The van der Waals surface area contributed by atoms with E-state index in [4.69, 9.17) is 0 Å². The van der Waals surface area contributed by atoms with Crippen LogP contribution in [0, 0.1) is 13.8 Å². The molecule has 0 aliphatic heterocycles. The van der Waals surface area contributed by atoms with Crippen LogP contribution >= 0.6 is 0 Å². The molecule has 0 unspecified atom stereocenters. The zero-order valence-electron chi connectivity index (χ0n) is 14.9. The normalized spacial score (nSPS) is 11.1. The summed E-state index contributed by atoms with van der Waals surface area (Å²) >= 11 is 0. The van der Waals surface area contributed by atoms with Gasteiger partial charge in [0.25, 0.3) is 5.91 Å². The van der Waals surface area contributed by atoms with Crippen molar-refractivity contribution >= 4 is 17.4 Å². The Bertz CT molecular complexity index is 777. The second-order valence-electron chi connectivity index (χ2n) is 5.97. The summed E-state index contributed by atoms with van der Waals surface area (Å²) in [6.45, 7) is 6.37. The van der Waals surface area contributed by atoms with Gasteiger partial charge in [0.05, 0.1) is 0 Å². The molecule has 2 aromatic rings. The summed E-state index contributed by atoms with van der Waals surface area (Å²) in [6.07, 6.45) is 2.30. The van der Waals surface area contributed by atoms with Crippen molar-refractivity contribution in [1.29, 1.82) is 0 Å². The summed E-state index contributed by atoms with van der Waals surface area (Å²) < 4.78 is 0. The average Bonchev–Trinajstić information content (AvgIpc) is 2.61. The number of aryl methyl sites for hydroxylation is 2. The van der Waals surface area contributed by atoms with Gasteiger partial charge in [0.2, 0.25) is 0 Å². The fourth-order valence-corrected chi connectivity index (χ4v) is 2.35. The molecule has 0 atom stereocenters. The minimum absolute atomic E-state index is 0.100. The first kappa shape index (κ1) is 18.5. The van der Waals surface area contributed by atoms with Gasteiger partial charge in [-0.3, -0.25) is 9.59 Å². The smallest absolute Gasteiger partial charge is 0.256 e.